The predicted octanol–water partition coefficient (Wildman–Crippen LogP) is 2.52. The van der Waals surface area contributed by atoms with Crippen molar-refractivity contribution in [2.45, 2.75) is 4.90 Å². The van der Waals surface area contributed by atoms with Gasteiger partial charge in [0.05, 0.1) is 17.8 Å². The molecule has 2 aromatic carbocycles. The van der Waals surface area contributed by atoms with Gasteiger partial charge in [0.25, 0.3) is 0 Å². The van der Waals surface area contributed by atoms with Crippen LogP contribution in [0, 0.1) is 0 Å². The van der Waals surface area contributed by atoms with Gasteiger partial charge in [-0.1, -0.05) is 12.1 Å². The molecule has 0 N–H and O–H groups in total. The lowest BCUT2D eigenvalue weighted by molar-refractivity contribution is 0.103. The van der Waals surface area contributed by atoms with Crippen LogP contribution in [0.1, 0.15) is 15.9 Å². The predicted molar refractivity (Wildman–Crippen MR) is 94.8 cm³/mol. The summed E-state index contributed by atoms with van der Waals surface area (Å²) < 4.78 is 41.5. The maximum atomic E-state index is 12.7. The van der Waals surface area contributed by atoms with Crippen LogP contribution in [0.25, 0.3) is 6.08 Å². The maximum absolute atomic E-state index is 12.7. The first-order valence-electron chi connectivity index (χ1n) is 8.04. The van der Waals surface area contributed by atoms with Crippen molar-refractivity contribution in [2.24, 2.45) is 0 Å². The number of ether oxygens (including phenoxy) is 3. The third-order valence-corrected chi connectivity index (χ3v) is 6.01. The van der Waals surface area contributed by atoms with Crippen LogP contribution in [-0.4, -0.2) is 40.3 Å². The molecule has 0 aliphatic carbocycles. The van der Waals surface area contributed by atoms with Gasteiger partial charge in [-0.25, -0.2) is 8.42 Å². The number of hydrogen-bond donors (Lipinski definition) is 0. The number of ketones is 1. The van der Waals surface area contributed by atoms with Crippen LogP contribution in [0.3, 0.4) is 0 Å². The summed E-state index contributed by atoms with van der Waals surface area (Å²) in [6.07, 6.45) is 1.57. The van der Waals surface area contributed by atoms with Gasteiger partial charge in [0.1, 0.15) is 13.2 Å². The standard InChI is InChI=1S/C19H16O6S/c1-23-15-9-12(10-16-19(15)25-7-6-24-16)8-13-11-26(21,22)17-5-3-2-4-14(17)18(13)20/h2-5,8-10H,6-7,11H2,1H3/b13-8-. The number of fused-ring (bicyclic) bond motifs is 2. The molecule has 0 bridgehead atoms. The van der Waals surface area contributed by atoms with Gasteiger partial charge in [0, 0.05) is 11.1 Å². The fourth-order valence-corrected chi connectivity index (χ4v) is 4.69. The minimum atomic E-state index is -3.55. The van der Waals surface area contributed by atoms with E-state index in [2.05, 4.69) is 0 Å². The Morgan fingerprint density at radius 1 is 1.12 bits per heavy atom. The topological polar surface area (TPSA) is 78.9 Å². The molecule has 0 amide bonds. The number of carbonyl (C=O) groups is 1. The molecular formula is C19H16O6S. The van der Waals surface area contributed by atoms with E-state index in [0.29, 0.717) is 36.0 Å². The van der Waals surface area contributed by atoms with Crippen molar-refractivity contribution < 1.29 is 27.4 Å². The van der Waals surface area contributed by atoms with Gasteiger partial charge in [-0.15, -0.1) is 0 Å². The van der Waals surface area contributed by atoms with Crippen molar-refractivity contribution in [1.82, 2.24) is 0 Å². The normalized spacial score (nSPS) is 19.1. The minimum absolute atomic E-state index is 0.0851. The third-order valence-electron chi connectivity index (χ3n) is 4.30. The Balaban J connectivity index is 1.81. The zero-order chi connectivity index (χ0) is 18.3. The smallest absolute Gasteiger partial charge is 0.203 e. The van der Waals surface area contributed by atoms with Crippen LogP contribution in [0.2, 0.25) is 0 Å². The van der Waals surface area contributed by atoms with Crippen LogP contribution in [0.4, 0.5) is 0 Å². The molecule has 0 atom stereocenters. The maximum Gasteiger partial charge on any atom is 0.203 e. The van der Waals surface area contributed by atoms with Gasteiger partial charge in [-0.05, 0) is 35.9 Å². The number of sulfone groups is 1. The van der Waals surface area contributed by atoms with Crippen LogP contribution in [0.15, 0.2) is 46.9 Å². The number of Topliss-reactive ketones (excluding diaryl/α,β-unsaturated/α-hetero) is 1. The van der Waals surface area contributed by atoms with Crippen molar-refractivity contribution in [2.75, 3.05) is 26.1 Å². The summed E-state index contributed by atoms with van der Waals surface area (Å²) in [5, 5.41) is 0. The third kappa shape index (κ3) is 2.74. The molecule has 0 unspecified atom stereocenters. The van der Waals surface area contributed by atoms with E-state index in [4.69, 9.17) is 14.2 Å². The molecule has 4 rings (SSSR count). The van der Waals surface area contributed by atoms with Crippen molar-refractivity contribution in [1.29, 1.82) is 0 Å². The van der Waals surface area contributed by atoms with E-state index in [-0.39, 0.29) is 27.6 Å². The molecule has 0 aromatic heterocycles. The Hall–Kier alpha value is -2.80. The molecule has 0 saturated carbocycles. The quantitative estimate of drug-likeness (QED) is 0.754. The molecule has 2 aliphatic heterocycles. The zero-order valence-corrected chi connectivity index (χ0v) is 14.8. The number of methoxy groups -OCH3 is 1. The van der Waals surface area contributed by atoms with Crippen LogP contribution in [-0.2, 0) is 9.84 Å². The lowest BCUT2D eigenvalue weighted by atomic mass is 10.0. The first-order valence-corrected chi connectivity index (χ1v) is 9.69. The molecule has 2 heterocycles. The highest BCUT2D eigenvalue weighted by Crippen LogP contribution is 2.41. The Labute approximate surface area is 150 Å². The molecule has 0 spiro atoms. The van der Waals surface area contributed by atoms with E-state index in [9.17, 15) is 13.2 Å². The molecule has 7 heteroatoms. The largest absolute Gasteiger partial charge is 0.493 e. The van der Waals surface area contributed by atoms with Gasteiger partial charge in [-0.3, -0.25) is 4.79 Å². The molecule has 2 aromatic rings. The van der Waals surface area contributed by atoms with E-state index >= 15 is 0 Å². The van der Waals surface area contributed by atoms with Crippen molar-refractivity contribution >= 4 is 21.7 Å². The molecule has 0 saturated heterocycles. The Bertz CT molecular complexity index is 1020. The Morgan fingerprint density at radius 2 is 1.88 bits per heavy atom. The van der Waals surface area contributed by atoms with E-state index in [1.165, 1.54) is 19.2 Å². The van der Waals surface area contributed by atoms with Crippen molar-refractivity contribution in [3.8, 4) is 17.2 Å². The van der Waals surface area contributed by atoms with Gasteiger partial charge < -0.3 is 14.2 Å². The molecule has 134 valence electrons. The second-order valence-corrected chi connectivity index (χ2v) is 7.96. The van der Waals surface area contributed by atoms with Gasteiger partial charge in [0.2, 0.25) is 5.75 Å². The minimum Gasteiger partial charge on any atom is -0.493 e. The summed E-state index contributed by atoms with van der Waals surface area (Å²) in [6.45, 7) is 0.841. The number of hydrogen-bond acceptors (Lipinski definition) is 6. The van der Waals surface area contributed by atoms with E-state index < -0.39 is 9.84 Å². The number of rotatable bonds is 2. The van der Waals surface area contributed by atoms with Gasteiger partial charge in [-0.2, -0.15) is 0 Å². The van der Waals surface area contributed by atoms with Gasteiger partial charge >= 0.3 is 0 Å². The Kier molecular flexibility index (Phi) is 3.96. The van der Waals surface area contributed by atoms with Crippen LogP contribution in [0.5, 0.6) is 17.2 Å². The van der Waals surface area contributed by atoms with Gasteiger partial charge in [0.15, 0.2) is 27.1 Å². The number of benzene rings is 2. The fraction of sp³-hybridized carbons (Fsp3) is 0.211. The SMILES string of the molecule is COc1cc(/C=C2/CS(=O)(=O)c3ccccc3C2=O)cc2c1OCCO2. The average Bonchev–Trinajstić information content (AvgIpc) is 2.65. The molecule has 2 aliphatic rings. The van der Waals surface area contributed by atoms with E-state index in [1.807, 2.05) is 0 Å². The van der Waals surface area contributed by atoms with Crippen LogP contribution >= 0.6 is 0 Å². The lowest BCUT2D eigenvalue weighted by Crippen LogP contribution is -2.24. The summed E-state index contributed by atoms with van der Waals surface area (Å²) in [6, 6.07) is 9.68. The number of carbonyl (C=O) groups excluding carboxylic acids is 1. The van der Waals surface area contributed by atoms with Crippen molar-refractivity contribution in [3.05, 3.63) is 53.1 Å². The molecule has 26 heavy (non-hydrogen) atoms. The van der Waals surface area contributed by atoms with Crippen molar-refractivity contribution in [3.63, 3.8) is 0 Å². The lowest BCUT2D eigenvalue weighted by Gasteiger charge is -2.21. The highest BCUT2D eigenvalue weighted by atomic mass is 32.2. The Morgan fingerprint density at radius 3 is 2.69 bits per heavy atom. The fourth-order valence-electron chi connectivity index (χ4n) is 3.13. The van der Waals surface area contributed by atoms with E-state index in [1.54, 1.807) is 30.3 Å². The average molecular weight is 372 g/mol. The summed E-state index contributed by atoms with van der Waals surface area (Å²) in [7, 11) is -2.04. The zero-order valence-electron chi connectivity index (χ0n) is 14.0. The summed E-state index contributed by atoms with van der Waals surface area (Å²) in [4.78, 5) is 12.8. The van der Waals surface area contributed by atoms with Crippen LogP contribution < -0.4 is 14.2 Å². The summed E-state index contributed by atoms with van der Waals surface area (Å²) in [5.74, 6) is 0.868. The molecule has 0 fully saturated rings. The second-order valence-electron chi connectivity index (χ2n) is 6.00. The second kappa shape index (κ2) is 6.17. The first kappa shape index (κ1) is 16.7. The molecular weight excluding hydrogens is 356 g/mol. The molecule has 0 radical (unpaired) electrons. The molecule has 6 nitrogen and oxygen atoms in total. The summed E-state index contributed by atoms with van der Waals surface area (Å²) >= 11 is 0. The highest BCUT2D eigenvalue weighted by molar-refractivity contribution is 7.91. The van der Waals surface area contributed by atoms with E-state index in [0.717, 1.165) is 0 Å². The summed E-state index contributed by atoms with van der Waals surface area (Å²) in [5.41, 5.74) is 1.03. The highest BCUT2D eigenvalue weighted by Gasteiger charge is 2.32. The first-order chi connectivity index (χ1) is 12.5. The monoisotopic (exact) mass is 372 g/mol.